The van der Waals surface area contributed by atoms with Gasteiger partial charge in [-0.3, -0.25) is 9.48 Å². The van der Waals surface area contributed by atoms with Gasteiger partial charge >= 0.3 is 0 Å². The maximum atomic E-state index is 12.0. The number of carbonyl (C=O) groups is 1. The number of amides is 1. The summed E-state index contributed by atoms with van der Waals surface area (Å²) in [5.74, 6) is -0.193. The average Bonchev–Trinajstić information content (AvgIpc) is 2.86. The van der Waals surface area contributed by atoms with Crippen molar-refractivity contribution in [1.29, 1.82) is 0 Å². The molecule has 0 atom stereocenters. The summed E-state index contributed by atoms with van der Waals surface area (Å²) in [7, 11) is 3.63. The van der Waals surface area contributed by atoms with Crippen molar-refractivity contribution in [3.8, 4) is 0 Å². The summed E-state index contributed by atoms with van der Waals surface area (Å²) in [5.41, 5.74) is 2.21. The van der Waals surface area contributed by atoms with E-state index in [1.54, 1.807) is 19.3 Å². The van der Waals surface area contributed by atoms with E-state index in [9.17, 15) is 4.79 Å². The maximum Gasteiger partial charge on any atom is 0.273 e. The summed E-state index contributed by atoms with van der Waals surface area (Å²) in [6.07, 6.45) is 1.59. The molecule has 2 N–H and O–H groups in total. The molecule has 0 saturated heterocycles. The molecule has 2 aromatic rings. The van der Waals surface area contributed by atoms with Crippen LogP contribution >= 0.6 is 0 Å². The molecule has 0 unspecified atom stereocenters. The lowest BCUT2D eigenvalue weighted by atomic mass is 10.2. The molecule has 6 nitrogen and oxygen atoms in total. The number of anilines is 2. The van der Waals surface area contributed by atoms with E-state index >= 15 is 0 Å². The van der Waals surface area contributed by atoms with Gasteiger partial charge < -0.3 is 15.3 Å². The van der Waals surface area contributed by atoms with E-state index in [0.29, 0.717) is 12.2 Å². The zero-order chi connectivity index (χ0) is 14.5. The van der Waals surface area contributed by atoms with Gasteiger partial charge in [0.2, 0.25) is 0 Å². The predicted octanol–water partition coefficient (Wildman–Crippen LogP) is 1.10. The Morgan fingerprint density at radius 3 is 2.60 bits per heavy atom. The van der Waals surface area contributed by atoms with Crippen molar-refractivity contribution in [1.82, 2.24) is 9.78 Å². The molecule has 1 aromatic carbocycles. The normalized spacial score (nSPS) is 10.3. The number of aliphatic hydroxyl groups is 1. The van der Waals surface area contributed by atoms with Crippen LogP contribution in [0, 0.1) is 0 Å². The summed E-state index contributed by atoms with van der Waals surface area (Å²) in [4.78, 5) is 13.9. The zero-order valence-corrected chi connectivity index (χ0v) is 11.6. The van der Waals surface area contributed by atoms with Gasteiger partial charge in [0, 0.05) is 38.2 Å². The zero-order valence-electron chi connectivity index (χ0n) is 11.6. The van der Waals surface area contributed by atoms with E-state index < -0.39 is 0 Å². The molecule has 20 heavy (non-hydrogen) atoms. The van der Waals surface area contributed by atoms with Crippen molar-refractivity contribution in [2.75, 3.05) is 30.4 Å². The number of hydrogen-bond acceptors (Lipinski definition) is 4. The van der Waals surface area contributed by atoms with Crippen LogP contribution in [0.25, 0.3) is 0 Å². The maximum absolute atomic E-state index is 12.0. The Morgan fingerprint density at radius 2 is 2.05 bits per heavy atom. The van der Waals surface area contributed by atoms with Crippen LogP contribution in [0.1, 0.15) is 10.5 Å². The molecule has 0 saturated carbocycles. The van der Waals surface area contributed by atoms with E-state index in [1.165, 1.54) is 4.68 Å². The van der Waals surface area contributed by atoms with Gasteiger partial charge in [0.25, 0.3) is 5.91 Å². The second-order valence-corrected chi connectivity index (χ2v) is 4.49. The minimum absolute atomic E-state index is 0.107. The third-order valence-corrected chi connectivity index (χ3v) is 3.05. The fourth-order valence-electron chi connectivity index (χ4n) is 1.87. The summed E-state index contributed by atoms with van der Waals surface area (Å²) < 4.78 is 1.53. The van der Waals surface area contributed by atoms with Crippen molar-refractivity contribution < 1.29 is 9.90 Å². The number of carbonyl (C=O) groups excluding carboxylic acids is 1. The summed E-state index contributed by atoms with van der Waals surface area (Å²) in [6.45, 7) is 0.677. The van der Waals surface area contributed by atoms with Crippen LogP contribution in [-0.4, -0.2) is 41.0 Å². The molecular weight excluding hydrogens is 256 g/mol. The Kier molecular flexibility index (Phi) is 4.37. The van der Waals surface area contributed by atoms with Crippen molar-refractivity contribution in [3.05, 3.63) is 42.2 Å². The van der Waals surface area contributed by atoms with Crippen LogP contribution in [-0.2, 0) is 7.05 Å². The van der Waals surface area contributed by atoms with Crippen molar-refractivity contribution in [2.45, 2.75) is 0 Å². The van der Waals surface area contributed by atoms with Crippen molar-refractivity contribution >= 4 is 17.3 Å². The lowest BCUT2D eigenvalue weighted by molar-refractivity contribution is 0.101. The molecule has 106 valence electrons. The topological polar surface area (TPSA) is 70.4 Å². The number of aryl methyl sites for hydroxylation is 1. The average molecular weight is 274 g/mol. The van der Waals surface area contributed by atoms with E-state index in [4.69, 9.17) is 5.11 Å². The van der Waals surface area contributed by atoms with E-state index in [2.05, 4.69) is 10.4 Å². The minimum Gasteiger partial charge on any atom is -0.395 e. The number of hydrogen-bond donors (Lipinski definition) is 2. The Labute approximate surface area is 117 Å². The Hall–Kier alpha value is -2.34. The van der Waals surface area contributed by atoms with Gasteiger partial charge in [-0.1, -0.05) is 0 Å². The lowest BCUT2D eigenvalue weighted by Gasteiger charge is -2.18. The summed E-state index contributed by atoms with van der Waals surface area (Å²) in [6, 6.07) is 9.12. The van der Waals surface area contributed by atoms with E-state index in [-0.39, 0.29) is 12.5 Å². The number of likely N-dealkylation sites (N-methyl/N-ethyl adjacent to an activating group) is 1. The highest BCUT2D eigenvalue weighted by Gasteiger charge is 2.10. The lowest BCUT2D eigenvalue weighted by Crippen LogP contribution is -2.21. The first-order valence-electron chi connectivity index (χ1n) is 6.33. The number of nitrogens with one attached hydrogen (secondary N) is 1. The fourth-order valence-corrected chi connectivity index (χ4v) is 1.87. The van der Waals surface area contributed by atoms with Gasteiger partial charge in [0.05, 0.1) is 6.61 Å². The highest BCUT2D eigenvalue weighted by Crippen LogP contribution is 2.17. The molecule has 0 fully saturated rings. The first-order valence-corrected chi connectivity index (χ1v) is 6.33. The van der Waals surface area contributed by atoms with Gasteiger partial charge in [-0.15, -0.1) is 0 Å². The van der Waals surface area contributed by atoms with Crippen LogP contribution in [0.2, 0.25) is 0 Å². The molecular formula is C14H18N4O2. The summed E-state index contributed by atoms with van der Waals surface area (Å²) in [5, 5.41) is 15.7. The molecule has 6 heteroatoms. The largest absolute Gasteiger partial charge is 0.395 e. The molecule has 0 aliphatic heterocycles. The highest BCUT2D eigenvalue weighted by atomic mass is 16.3. The quantitative estimate of drug-likeness (QED) is 0.856. The van der Waals surface area contributed by atoms with Crippen LogP contribution < -0.4 is 10.2 Å². The highest BCUT2D eigenvalue weighted by molar-refractivity contribution is 6.03. The first kappa shape index (κ1) is 14.1. The second kappa shape index (κ2) is 6.21. The third kappa shape index (κ3) is 3.16. The first-order chi connectivity index (χ1) is 9.61. The number of rotatable bonds is 5. The van der Waals surface area contributed by atoms with Crippen LogP contribution in [0.4, 0.5) is 11.4 Å². The van der Waals surface area contributed by atoms with Gasteiger partial charge in [-0.05, 0) is 30.3 Å². The van der Waals surface area contributed by atoms with Gasteiger partial charge in [0.1, 0.15) is 5.69 Å². The molecule has 0 spiro atoms. The van der Waals surface area contributed by atoms with E-state index in [0.717, 1.165) is 11.4 Å². The molecule has 0 radical (unpaired) electrons. The van der Waals surface area contributed by atoms with Crippen LogP contribution in [0.5, 0.6) is 0 Å². The monoisotopic (exact) mass is 274 g/mol. The van der Waals surface area contributed by atoms with Gasteiger partial charge in [-0.25, -0.2) is 0 Å². The number of nitrogens with zero attached hydrogens (tertiary/aromatic N) is 3. The van der Waals surface area contributed by atoms with Crippen molar-refractivity contribution in [2.24, 2.45) is 7.05 Å². The third-order valence-electron chi connectivity index (χ3n) is 3.05. The molecule has 1 aromatic heterocycles. The Balaban J connectivity index is 2.04. The molecule has 0 aliphatic carbocycles. The molecule has 2 rings (SSSR count). The minimum atomic E-state index is -0.193. The van der Waals surface area contributed by atoms with Crippen molar-refractivity contribution in [3.63, 3.8) is 0 Å². The smallest absolute Gasteiger partial charge is 0.273 e. The van der Waals surface area contributed by atoms with Crippen LogP contribution in [0.15, 0.2) is 36.5 Å². The molecule has 1 heterocycles. The van der Waals surface area contributed by atoms with Gasteiger partial charge in [-0.2, -0.15) is 5.10 Å². The molecule has 0 aliphatic rings. The Morgan fingerprint density at radius 1 is 1.35 bits per heavy atom. The Bertz CT molecular complexity index is 577. The second-order valence-electron chi connectivity index (χ2n) is 4.49. The standard InChI is InChI=1S/C14H18N4O2/c1-17(9-10-19)12-5-3-11(4-6-12)16-14(20)13-7-8-15-18(13)2/h3-8,19H,9-10H2,1-2H3,(H,16,20). The number of aromatic nitrogens is 2. The van der Waals surface area contributed by atoms with Gasteiger partial charge in [0.15, 0.2) is 0 Å². The number of benzene rings is 1. The van der Waals surface area contributed by atoms with Crippen LogP contribution in [0.3, 0.4) is 0 Å². The summed E-state index contributed by atoms with van der Waals surface area (Å²) >= 11 is 0. The molecule has 1 amide bonds. The fraction of sp³-hybridized carbons (Fsp3) is 0.286. The van der Waals surface area contributed by atoms with E-state index in [1.807, 2.05) is 36.2 Å². The number of aliphatic hydroxyl groups excluding tert-OH is 1. The molecule has 0 bridgehead atoms. The predicted molar refractivity (Wildman–Crippen MR) is 78.0 cm³/mol. The SMILES string of the molecule is CN(CCO)c1ccc(NC(=O)c2ccnn2C)cc1.